The van der Waals surface area contributed by atoms with Crippen LogP contribution in [0.15, 0.2) is 47.9 Å². The third kappa shape index (κ3) is 2.29. The van der Waals surface area contributed by atoms with Gasteiger partial charge < -0.3 is 10.3 Å². The summed E-state index contributed by atoms with van der Waals surface area (Å²) in [5.41, 5.74) is 10.3. The zero-order chi connectivity index (χ0) is 16.0. The van der Waals surface area contributed by atoms with E-state index in [4.69, 9.17) is 5.73 Å². The fraction of sp³-hybridized carbons (Fsp3) is 0.0625. The van der Waals surface area contributed by atoms with Crippen molar-refractivity contribution in [2.24, 2.45) is 7.05 Å². The van der Waals surface area contributed by atoms with Gasteiger partial charge in [-0.15, -0.1) is 24.0 Å². The van der Waals surface area contributed by atoms with E-state index < -0.39 is 0 Å². The zero-order valence-electron chi connectivity index (χ0n) is 12.3. The van der Waals surface area contributed by atoms with Crippen molar-refractivity contribution in [1.82, 2.24) is 19.5 Å². The zero-order valence-corrected chi connectivity index (χ0v) is 14.0. The summed E-state index contributed by atoms with van der Waals surface area (Å²) >= 11 is 6.01. The Morgan fingerprint density at radius 2 is 1.91 bits per heavy atom. The van der Waals surface area contributed by atoms with Gasteiger partial charge >= 0.3 is 0 Å². The van der Waals surface area contributed by atoms with Gasteiger partial charge in [-0.1, -0.05) is 30.3 Å². The average molecular weight is 339 g/mol. The van der Waals surface area contributed by atoms with E-state index >= 15 is 0 Å². The number of thiazole rings is 1. The second-order valence-electron chi connectivity index (χ2n) is 5.13. The van der Waals surface area contributed by atoms with Crippen LogP contribution in [0.2, 0.25) is 0 Å². The molecule has 5 nitrogen and oxygen atoms in total. The van der Waals surface area contributed by atoms with Gasteiger partial charge in [0.15, 0.2) is 5.16 Å². The monoisotopic (exact) mass is 339 g/mol. The summed E-state index contributed by atoms with van der Waals surface area (Å²) in [5, 5.41) is 1.50. The molecule has 0 bridgehead atoms. The van der Waals surface area contributed by atoms with E-state index in [-0.39, 0.29) is 0 Å². The van der Waals surface area contributed by atoms with Gasteiger partial charge in [-0.25, -0.2) is 9.97 Å². The molecular weight excluding hydrogens is 326 g/mol. The molecule has 0 aliphatic heterocycles. The first-order valence-corrected chi connectivity index (χ1v) is 8.23. The number of benzene rings is 1. The van der Waals surface area contributed by atoms with Crippen LogP contribution >= 0.6 is 24.0 Å². The number of fused-ring (bicyclic) bond motifs is 1. The molecule has 0 unspecified atom stereocenters. The van der Waals surface area contributed by atoms with Crippen molar-refractivity contribution in [3.05, 3.63) is 42.7 Å². The van der Waals surface area contributed by atoms with Gasteiger partial charge in [0.25, 0.3) is 0 Å². The first kappa shape index (κ1) is 14.2. The molecule has 0 saturated heterocycles. The minimum absolute atomic E-state index is 0.640. The lowest BCUT2D eigenvalue weighted by molar-refractivity contribution is 0.800. The Kier molecular flexibility index (Phi) is 3.32. The Bertz CT molecular complexity index is 1000. The van der Waals surface area contributed by atoms with Gasteiger partial charge in [0, 0.05) is 12.6 Å². The van der Waals surface area contributed by atoms with Crippen LogP contribution in [-0.2, 0) is 7.05 Å². The molecule has 0 radical (unpaired) electrons. The van der Waals surface area contributed by atoms with Crippen LogP contribution in [0.25, 0.3) is 32.2 Å². The Morgan fingerprint density at radius 3 is 2.65 bits per heavy atom. The van der Waals surface area contributed by atoms with Crippen molar-refractivity contribution < 1.29 is 0 Å². The number of pyridine rings is 1. The maximum atomic E-state index is 6.01. The number of nitrogens with two attached hydrogens (primary N) is 1. The van der Waals surface area contributed by atoms with E-state index in [2.05, 4.69) is 27.6 Å². The standard InChI is InChI=1S/C16H13N5S2/c1-21-13(12(20-16(21)22)9-5-3-2-4-6-9)15-19-11-8-18-7-10(17)14(11)23-15/h2-8H,17H2,1H3,(H,20,22). The minimum Gasteiger partial charge on any atom is -0.396 e. The predicted octanol–water partition coefficient (Wildman–Crippen LogP) is 3.63. The van der Waals surface area contributed by atoms with E-state index in [0.717, 1.165) is 32.2 Å². The van der Waals surface area contributed by atoms with Gasteiger partial charge in [0.1, 0.15) is 21.9 Å². The smallest absolute Gasteiger partial charge is 0.165 e. The fourth-order valence-electron chi connectivity index (χ4n) is 2.50. The summed E-state index contributed by atoms with van der Waals surface area (Å²) in [4.78, 5) is 13.4. The Hall–Kier alpha value is -2.38. The maximum Gasteiger partial charge on any atom is 0.165 e. The quantitative estimate of drug-likeness (QED) is 0.547. The highest BCUT2D eigenvalue weighted by molar-refractivity contribution is 7.80. The van der Waals surface area contributed by atoms with Gasteiger partial charge in [-0.2, -0.15) is 0 Å². The molecule has 23 heavy (non-hydrogen) atoms. The third-order valence-corrected chi connectivity index (χ3v) is 5.17. The topological polar surface area (TPSA) is 69.6 Å². The first-order valence-electron chi connectivity index (χ1n) is 6.96. The molecule has 0 saturated carbocycles. The average Bonchev–Trinajstić information content (AvgIpc) is 3.11. The molecule has 0 fully saturated rings. The molecule has 0 aliphatic carbocycles. The number of rotatable bonds is 2. The fourth-order valence-corrected chi connectivity index (χ4v) is 3.74. The van der Waals surface area contributed by atoms with Crippen molar-refractivity contribution in [1.29, 1.82) is 0 Å². The largest absolute Gasteiger partial charge is 0.396 e. The SMILES string of the molecule is Cn1c(S)nc(-c2ccccc2)c1-c1nc2cncc(N)c2s1. The molecule has 0 atom stereocenters. The highest BCUT2D eigenvalue weighted by atomic mass is 32.1. The highest BCUT2D eigenvalue weighted by Gasteiger charge is 2.20. The second-order valence-corrected chi connectivity index (χ2v) is 6.53. The summed E-state index contributed by atoms with van der Waals surface area (Å²) < 4.78 is 2.88. The molecule has 1 aromatic carbocycles. The van der Waals surface area contributed by atoms with E-state index in [0.29, 0.717) is 10.8 Å². The second kappa shape index (κ2) is 5.36. The predicted molar refractivity (Wildman–Crippen MR) is 96.7 cm³/mol. The van der Waals surface area contributed by atoms with Gasteiger partial charge in [-0.3, -0.25) is 4.98 Å². The number of anilines is 1. The number of thiol groups is 1. The molecule has 0 amide bonds. The van der Waals surface area contributed by atoms with Crippen LogP contribution < -0.4 is 5.73 Å². The van der Waals surface area contributed by atoms with Crippen LogP contribution in [0.5, 0.6) is 0 Å². The van der Waals surface area contributed by atoms with E-state index in [9.17, 15) is 0 Å². The van der Waals surface area contributed by atoms with Gasteiger partial charge in [-0.05, 0) is 0 Å². The van der Waals surface area contributed by atoms with Gasteiger partial charge in [0.2, 0.25) is 0 Å². The molecular formula is C16H13N5S2. The normalized spacial score (nSPS) is 11.2. The summed E-state index contributed by atoms with van der Waals surface area (Å²) in [6.07, 6.45) is 3.38. The molecule has 0 aliphatic rings. The Balaban J connectivity index is 1.99. The lowest BCUT2D eigenvalue weighted by Gasteiger charge is -2.03. The maximum absolute atomic E-state index is 6.01. The van der Waals surface area contributed by atoms with E-state index in [1.165, 1.54) is 0 Å². The molecule has 3 heterocycles. The summed E-state index contributed by atoms with van der Waals surface area (Å²) in [7, 11) is 1.94. The number of hydrogen-bond acceptors (Lipinski definition) is 6. The first-order chi connectivity index (χ1) is 11.1. The Labute approximate surface area is 142 Å². The summed E-state index contributed by atoms with van der Waals surface area (Å²) in [5.74, 6) is 0. The molecule has 4 aromatic rings. The van der Waals surface area contributed by atoms with Crippen LogP contribution in [0.4, 0.5) is 5.69 Å². The van der Waals surface area contributed by atoms with Crippen LogP contribution in [0.1, 0.15) is 0 Å². The van der Waals surface area contributed by atoms with Crippen molar-refractivity contribution in [2.75, 3.05) is 5.73 Å². The van der Waals surface area contributed by atoms with Crippen LogP contribution in [0.3, 0.4) is 0 Å². The molecule has 3 aromatic heterocycles. The molecule has 114 valence electrons. The molecule has 0 spiro atoms. The number of hydrogen-bond donors (Lipinski definition) is 2. The number of imidazole rings is 1. The lowest BCUT2D eigenvalue weighted by atomic mass is 10.1. The molecule has 4 rings (SSSR count). The van der Waals surface area contributed by atoms with Crippen LogP contribution in [0, 0.1) is 0 Å². The number of aromatic nitrogens is 4. The highest BCUT2D eigenvalue weighted by Crippen LogP contribution is 2.38. The minimum atomic E-state index is 0.640. The van der Waals surface area contributed by atoms with E-state index in [1.807, 2.05) is 41.9 Å². The molecule has 2 N–H and O–H groups in total. The van der Waals surface area contributed by atoms with Gasteiger partial charge in [0.05, 0.1) is 22.8 Å². The van der Waals surface area contributed by atoms with Crippen molar-refractivity contribution in [3.8, 4) is 22.0 Å². The number of nitrogen functional groups attached to an aromatic ring is 1. The Morgan fingerprint density at radius 1 is 1.13 bits per heavy atom. The summed E-state index contributed by atoms with van der Waals surface area (Å²) in [6.45, 7) is 0. The molecule has 7 heteroatoms. The van der Waals surface area contributed by atoms with Crippen molar-refractivity contribution in [2.45, 2.75) is 5.16 Å². The summed E-state index contributed by atoms with van der Waals surface area (Å²) in [6, 6.07) is 10.0. The van der Waals surface area contributed by atoms with Crippen molar-refractivity contribution >= 4 is 39.9 Å². The third-order valence-electron chi connectivity index (χ3n) is 3.65. The number of nitrogens with zero attached hydrogens (tertiary/aromatic N) is 4. The van der Waals surface area contributed by atoms with Crippen molar-refractivity contribution in [3.63, 3.8) is 0 Å². The lowest BCUT2D eigenvalue weighted by Crippen LogP contribution is -1.92. The van der Waals surface area contributed by atoms with Crippen LogP contribution in [-0.4, -0.2) is 19.5 Å². The van der Waals surface area contributed by atoms with E-state index in [1.54, 1.807) is 23.7 Å².